The number of hydrogen-bond acceptors (Lipinski definition) is 3. The predicted molar refractivity (Wildman–Crippen MR) is 57.9 cm³/mol. The Kier molecular flexibility index (Phi) is 3.54. The molecule has 0 bridgehead atoms. The molecule has 1 N–H and O–H groups in total. The standard InChI is InChI=1S/C11H17N3O2/c15-11(16)6-10-7-12-13-14(10)8-9-4-2-1-3-5-9/h7,9H,1-6,8H2,(H,15,16). The Bertz CT molecular complexity index is 356. The minimum absolute atomic E-state index is 0.0136. The van der Waals surface area contributed by atoms with Gasteiger partial charge in [-0.1, -0.05) is 24.5 Å². The zero-order valence-electron chi connectivity index (χ0n) is 9.30. The highest BCUT2D eigenvalue weighted by atomic mass is 16.4. The third-order valence-electron chi connectivity index (χ3n) is 3.19. The normalized spacial score (nSPS) is 17.5. The highest BCUT2D eigenvalue weighted by Gasteiger charge is 2.16. The SMILES string of the molecule is O=C(O)Cc1cnnn1CC1CCCCC1. The molecule has 2 rings (SSSR count). The van der Waals surface area contributed by atoms with Crippen molar-refractivity contribution in [2.75, 3.05) is 0 Å². The summed E-state index contributed by atoms with van der Waals surface area (Å²) in [5.74, 6) is -0.185. The number of hydrogen-bond donors (Lipinski definition) is 1. The van der Waals surface area contributed by atoms with Gasteiger partial charge in [0.2, 0.25) is 0 Å². The van der Waals surface area contributed by atoms with Crippen LogP contribution in [0.2, 0.25) is 0 Å². The summed E-state index contributed by atoms with van der Waals surface area (Å²) in [4.78, 5) is 10.6. The first kappa shape index (κ1) is 11.1. The molecule has 5 nitrogen and oxygen atoms in total. The van der Waals surface area contributed by atoms with Crippen molar-refractivity contribution >= 4 is 5.97 Å². The van der Waals surface area contributed by atoms with E-state index < -0.39 is 5.97 Å². The summed E-state index contributed by atoms with van der Waals surface area (Å²) in [6.07, 6.45) is 7.92. The Morgan fingerprint density at radius 1 is 1.44 bits per heavy atom. The lowest BCUT2D eigenvalue weighted by atomic mass is 9.89. The van der Waals surface area contributed by atoms with Gasteiger partial charge in [0, 0.05) is 6.54 Å². The number of carboxylic acids is 1. The average molecular weight is 223 g/mol. The topological polar surface area (TPSA) is 68.0 Å². The molecule has 0 unspecified atom stereocenters. The van der Waals surface area contributed by atoms with E-state index in [1.165, 1.54) is 32.1 Å². The highest BCUT2D eigenvalue weighted by Crippen LogP contribution is 2.25. The zero-order valence-corrected chi connectivity index (χ0v) is 9.30. The summed E-state index contributed by atoms with van der Waals surface area (Å²) in [6.45, 7) is 0.822. The molecule has 88 valence electrons. The first-order valence-electron chi connectivity index (χ1n) is 5.85. The van der Waals surface area contributed by atoms with E-state index in [2.05, 4.69) is 10.3 Å². The second-order valence-corrected chi connectivity index (χ2v) is 4.48. The molecule has 1 fully saturated rings. The molecule has 1 aliphatic carbocycles. The molecular formula is C11H17N3O2. The lowest BCUT2D eigenvalue weighted by molar-refractivity contribution is -0.136. The third-order valence-corrected chi connectivity index (χ3v) is 3.19. The Labute approximate surface area is 94.5 Å². The molecular weight excluding hydrogens is 206 g/mol. The first-order chi connectivity index (χ1) is 7.75. The Morgan fingerprint density at radius 2 is 2.19 bits per heavy atom. The molecule has 0 radical (unpaired) electrons. The molecule has 0 aromatic carbocycles. The van der Waals surface area contributed by atoms with E-state index >= 15 is 0 Å². The highest BCUT2D eigenvalue weighted by molar-refractivity contribution is 5.69. The number of carbonyl (C=O) groups is 1. The maximum absolute atomic E-state index is 10.6. The molecule has 1 saturated carbocycles. The maximum Gasteiger partial charge on any atom is 0.309 e. The van der Waals surface area contributed by atoms with Crippen LogP contribution in [-0.2, 0) is 17.8 Å². The number of aromatic nitrogens is 3. The fourth-order valence-corrected chi connectivity index (χ4v) is 2.34. The average Bonchev–Trinajstić information content (AvgIpc) is 2.66. The van der Waals surface area contributed by atoms with Crippen LogP contribution in [0, 0.1) is 5.92 Å². The van der Waals surface area contributed by atoms with Crippen molar-refractivity contribution in [3.05, 3.63) is 11.9 Å². The van der Waals surface area contributed by atoms with Crippen LogP contribution in [0.15, 0.2) is 6.20 Å². The van der Waals surface area contributed by atoms with Crippen LogP contribution in [0.4, 0.5) is 0 Å². The van der Waals surface area contributed by atoms with E-state index in [0.29, 0.717) is 11.6 Å². The predicted octanol–water partition coefficient (Wildman–Crippen LogP) is 1.49. The fraction of sp³-hybridized carbons (Fsp3) is 0.727. The van der Waals surface area contributed by atoms with Crippen LogP contribution >= 0.6 is 0 Å². The van der Waals surface area contributed by atoms with Gasteiger partial charge in [-0.05, 0) is 18.8 Å². The Hall–Kier alpha value is -1.39. The van der Waals surface area contributed by atoms with Gasteiger partial charge in [-0.3, -0.25) is 4.79 Å². The molecule has 0 atom stereocenters. The van der Waals surface area contributed by atoms with Crippen LogP contribution < -0.4 is 0 Å². The van der Waals surface area contributed by atoms with Crippen molar-refractivity contribution < 1.29 is 9.90 Å². The van der Waals surface area contributed by atoms with Gasteiger partial charge < -0.3 is 5.11 Å². The molecule has 0 aliphatic heterocycles. The van der Waals surface area contributed by atoms with Gasteiger partial charge in [-0.2, -0.15) is 0 Å². The van der Waals surface area contributed by atoms with Gasteiger partial charge in [-0.25, -0.2) is 4.68 Å². The fourth-order valence-electron chi connectivity index (χ4n) is 2.34. The van der Waals surface area contributed by atoms with Crippen LogP contribution in [0.5, 0.6) is 0 Å². The van der Waals surface area contributed by atoms with Crippen LogP contribution in [0.1, 0.15) is 37.8 Å². The van der Waals surface area contributed by atoms with E-state index in [1.807, 2.05) is 0 Å². The summed E-state index contributed by atoms with van der Waals surface area (Å²) in [7, 11) is 0. The van der Waals surface area contributed by atoms with Crippen molar-refractivity contribution in [2.24, 2.45) is 5.92 Å². The van der Waals surface area contributed by atoms with Gasteiger partial charge in [0.15, 0.2) is 0 Å². The van der Waals surface area contributed by atoms with E-state index in [4.69, 9.17) is 5.11 Å². The lowest BCUT2D eigenvalue weighted by Crippen LogP contribution is -2.18. The second-order valence-electron chi connectivity index (χ2n) is 4.48. The number of aliphatic carboxylic acids is 1. The summed E-state index contributed by atoms with van der Waals surface area (Å²) in [5.41, 5.74) is 0.707. The molecule has 1 aromatic rings. The molecule has 16 heavy (non-hydrogen) atoms. The van der Waals surface area contributed by atoms with Crippen molar-refractivity contribution in [3.8, 4) is 0 Å². The third kappa shape index (κ3) is 2.81. The van der Waals surface area contributed by atoms with Gasteiger partial charge in [0.25, 0.3) is 0 Å². The monoisotopic (exact) mass is 223 g/mol. The lowest BCUT2D eigenvalue weighted by Gasteiger charge is -2.21. The van der Waals surface area contributed by atoms with Gasteiger partial charge >= 0.3 is 5.97 Å². The number of nitrogens with zero attached hydrogens (tertiary/aromatic N) is 3. The van der Waals surface area contributed by atoms with Gasteiger partial charge in [-0.15, -0.1) is 5.10 Å². The van der Waals surface area contributed by atoms with Crippen LogP contribution in [-0.4, -0.2) is 26.1 Å². The number of rotatable bonds is 4. The van der Waals surface area contributed by atoms with E-state index in [0.717, 1.165) is 6.54 Å². The van der Waals surface area contributed by atoms with E-state index in [9.17, 15) is 4.79 Å². The Balaban J connectivity index is 1.97. The summed E-state index contributed by atoms with van der Waals surface area (Å²) in [5, 5.41) is 16.5. The molecule has 1 aliphatic rings. The smallest absolute Gasteiger partial charge is 0.309 e. The molecule has 0 spiro atoms. The van der Waals surface area contributed by atoms with Crippen molar-refractivity contribution in [3.63, 3.8) is 0 Å². The first-order valence-corrected chi connectivity index (χ1v) is 5.85. The van der Waals surface area contributed by atoms with Crippen molar-refractivity contribution in [1.82, 2.24) is 15.0 Å². The molecule has 1 heterocycles. The van der Waals surface area contributed by atoms with E-state index in [-0.39, 0.29) is 6.42 Å². The quantitative estimate of drug-likeness (QED) is 0.839. The zero-order chi connectivity index (χ0) is 11.4. The minimum Gasteiger partial charge on any atom is -0.481 e. The maximum atomic E-state index is 10.6. The minimum atomic E-state index is -0.827. The summed E-state index contributed by atoms with van der Waals surface area (Å²) >= 11 is 0. The summed E-state index contributed by atoms with van der Waals surface area (Å²) < 4.78 is 1.75. The molecule has 0 saturated heterocycles. The van der Waals surface area contributed by atoms with Gasteiger partial charge in [0.1, 0.15) is 0 Å². The summed E-state index contributed by atoms with van der Waals surface area (Å²) in [6, 6.07) is 0. The molecule has 1 aromatic heterocycles. The second kappa shape index (κ2) is 5.09. The van der Waals surface area contributed by atoms with Crippen LogP contribution in [0.3, 0.4) is 0 Å². The largest absolute Gasteiger partial charge is 0.481 e. The number of carboxylic acid groups (broad SMARTS) is 1. The molecule has 5 heteroatoms. The van der Waals surface area contributed by atoms with Crippen LogP contribution in [0.25, 0.3) is 0 Å². The van der Waals surface area contributed by atoms with Crippen molar-refractivity contribution in [1.29, 1.82) is 0 Å². The Morgan fingerprint density at radius 3 is 2.88 bits per heavy atom. The van der Waals surface area contributed by atoms with E-state index in [1.54, 1.807) is 10.9 Å². The van der Waals surface area contributed by atoms with Crippen molar-refractivity contribution in [2.45, 2.75) is 45.1 Å². The van der Waals surface area contributed by atoms with Gasteiger partial charge in [0.05, 0.1) is 18.3 Å². The molecule has 0 amide bonds.